The third kappa shape index (κ3) is 1.92. The first-order valence-corrected chi connectivity index (χ1v) is 5.14. The van der Waals surface area contributed by atoms with Crippen molar-refractivity contribution in [2.75, 3.05) is 5.73 Å². The number of thiazole rings is 1. The molecule has 0 spiro atoms. The van der Waals surface area contributed by atoms with E-state index in [4.69, 9.17) is 5.73 Å². The Balaban J connectivity index is 2.56. The number of aromatic nitrogens is 1. The van der Waals surface area contributed by atoms with E-state index < -0.39 is 17.7 Å². The maximum absolute atomic E-state index is 13.0. The third-order valence-corrected chi connectivity index (χ3v) is 2.97. The standard InChI is InChI=1S/C9H5F5N2S/c10-8(11,9(12,13)14)4-1-2-5-6(3-4)17-7(15)16-5/h1-3H,(H2,15,16). The quantitative estimate of drug-likeness (QED) is 0.803. The number of benzene rings is 1. The fraction of sp³-hybridized carbons (Fsp3) is 0.222. The second-order valence-electron chi connectivity index (χ2n) is 3.31. The van der Waals surface area contributed by atoms with E-state index in [0.29, 0.717) is 11.6 Å². The Labute approximate surface area is 95.9 Å². The zero-order valence-electron chi connectivity index (χ0n) is 8.05. The number of anilines is 1. The highest BCUT2D eigenvalue weighted by atomic mass is 32.1. The van der Waals surface area contributed by atoms with Gasteiger partial charge >= 0.3 is 12.1 Å². The van der Waals surface area contributed by atoms with E-state index >= 15 is 0 Å². The summed E-state index contributed by atoms with van der Waals surface area (Å²) < 4.78 is 62.7. The predicted molar refractivity (Wildman–Crippen MR) is 54.0 cm³/mol. The number of halogens is 5. The minimum Gasteiger partial charge on any atom is -0.375 e. The van der Waals surface area contributed by atoms with Crippen LogP contribution in [0.25, 0.3) is 10.2 Å². The van der Waals surface area contributed by atoms with Gasteiger partial charge in [0, 0.05) is 5.56 Å². The maximum Gasteiger partial charge on any atom is 0.458 e. The van der Waals surface area contributed by atoms with Crippen LogP contribution in [0.4, 0.5) is 27.1 Å². The fourth-order valence-corrected chi connectivity index (χ4v) is 2.07. The Morgan fingerprint density at radius 3 is 2.35 bits per heavy atom. The Bertz CT molecular complexity index is 560. The van der Waals surface area contributed by atoms with E-state index in [1.807, 2.05) is 0 Å². The lowest BCUT2D eigenvalue weighted by molar-refractivity contribution is -0.289. The van der Waals surface area contributed by atoms with Crippen molar-refractivity contribution in [1.82, 2.24) is 4.98 Å². The summed E-state index contributed by atoms with van der Waals surface area (Å²) >= 11 is 0.859. The predicted octanol–water partition coefficient (Wildman–Crippen LogP) is 3.53. The van der Waals surface area contributed by atoms with Gasteiger partial charge in [0.15, 0.2) is 5.13 Å². The van der Waals surface area contributed by atoms with E-state index in [0.717, 1.165) is 23.5 Å². The summed E-state index contributed by atoms with van der Waals surface area (Å²) in [5.41, 5.74) is 4.52. The van der Waals surface area contributed by atoms with Crippen molar-refractivity contribution in [2.45, 2.75) is 12.1 Å². The highest BCUT2D eigenvalue weighted by Gasteiger charge is 2.58. The summed E-state index contributed by atoms with van der Waals surface area (Å²) in [6, 6.07) is 2.56. The summed E-state index contributed by atoms with van der Waals surface area (Å²) in [7, 11) is 0. The van der Waals surface area contributed by atoms with Crippen LogP contribution >= 0.6 is 11.3 Å². The van der Waals surface area contributed by atoms with Crippen LogP contribution < -0.4 is 5.73 Å². The van der Waals surface area contributed by atoms with E-state index in [1.54, 1.807) is 0 Å². The van der Waals surface area contributed by atoms with Crippen molar-refractivity contribution in [2.24, 2.45) is 0 Å². The van der Waals surface area contributed by atoms with Gasteiger partial charge in [-0.05, 0) is 12.1 Å². The first-order chi connectivity index (χ1) is 7.72. The van der Waals surface area contributed by atoms with Gasteiger partial charge in [-0.25, -0.2) is 4.98 Å². The number of fused-ring (bicyclic) bond motifs is 1. The van der Waals surface area contributed by atoms with Crippen molar-refractivity contribution in [3.63, 3.8) is 0 Å². The lowest BCUT2D eigenvalue weighted by Gasteiger charge is -2.19. The Morgan fingerprint density at radius 2 is 1.76 bits per heavy atom. The van der Waals surface area contributed by atoms with Crippen molar-refractivity contribution in [3.05, 3.63) is 23.8 Å². The van der Waals surface area contributed by atoms with E-state index in [-0.39, 0.29) is 9.83 Å². The van der Waals surface area contributed by atoms with Gasteiger partial charge in [0.25, 0.3) is 0 Å². The average Bonchev–Trinajstić information content (AvgIpc) is 2.54. The molecule has 2 aromatic rings. The molecule has 2 rings (SSSR count). The largest absolute Gasteiger partial charge is 0.458 e. The SMILES string of the molecule is Nc1nc2ccc(C(F)(F)C(F)(F)F)cc2s1. The van der Waals surface area contributed by atoms with Crippen LogP contribution in [0.2, 0.25) is 0 Å². The summed E-state index contributed by atoms with van der Waals surface area (Å²) in [6.45, 7) is 0. The van der Waals surface area contributed by atoms with Gasteiger partial charge in [0.05, 0.1) is 10.2 Å². The molecule has 0 unspecified atom stereocenters. The molecule has 92 valence electrons. The molecule has 8 heteroatoms. The summed E-state index contributed by atoms with van der Waals surface area (Å²) in [5, 5.41) is 0.118. The summed E-state index contributed by atoms with van der Waals surface area (Å²) in [6.07, 6.45) is -5.61. The topological polar surface area (TPSA) is 38.9 Å². The molecule has 0 saturated heterocycles. The number of nitrogens with two attached hydrogens (primary N) is 1. The molecule has 1 heterocycles. The third-order valence-electron chi connectivity index (χ3n) is 2.12. The molecule has 0 amide bonds. The highest BCUT2D eigenvalue weighted by molar-refractivity contribution is 7.22. The van der Waals surface area contributed by atoms with Crippen molar-refractivity contribution in [1.29, 1.82) is 0 Å². The zero-order chi connectivity index (χ0) is 12.8. The molecule has 1 aromatic heterocycles. The fourth-order valence-electron chi connectivity index (χ4n) is 1.30. The normalized spacial score (nSPS) is 13.2. The first kappa shape index (κ1) is 12.0. The molecular weight excluding hydrogens is 263 g/mol. The van der Waals surface area contributed by atoms with Crippen LogP contribution in [0.5, 0.6) is 0 Å². The van der Waals surface area contributed by atoms with Crippen molar-refractivity contribution >= 4 is 26.7 Å². The highest BCUT2D eigenvalue weighted by Crippen LogP contribution is 2.44. The molecule has 0 aliphatic carbocycles. The van der Waals surface area contributed by atoms with E-state index in [1.165, 1.54) is 0 Å². The van der Waals surface area contributed by atoms with Gasteiger partial charge in [-0.2, -0.15) is 22.0 Å². The van der Waals surface area contributed by atoms with Crippen LogP contribution in [0.3, 0.4) is 0 Å². The second-order valence-corrected chi connectivity index (χ2v) is 4.37. The second kappa shape index (κ2) is 3.52. The van der Waals surface area contributed by atoms with E-state index in [2.05, 4.69) is 4.98 Å². The number of alkyl halides is 5. The van der Waals surface area contributed by atoms with Gasteiger partial charge in [0.2, 0.25) is 0 Å². The minimum absolute atomic E-state index is 0.118. The first-order valence-electron chi connectivity index (χ1n) is 4.33. The molecule has 0 aliphatic rings. The molecule has 0 radical (unpaired) electrons. The molecule has 0 aliphatic heterocycles. The zero-order valence-corrected chi connectivity index (χ0v) is 8.87. The smallest absolute Gasteiger partial charge is 0.375 e. The van der Waals surface area contributed by atoms with Gasteiger partial charge in [-0.15, -0.1) is 0 Å². The van der Waals surface area contributed by atoms with Crippen LogP contribution in [0.1, 0.15) is 5.56 Å². The molecule has 17 heavy (non-hydrogen) atoms. The van der Waals surface area contributed by atoms with Crippen molar-refractivity contribution < 1.29 is 22.0 Å². The monoisotopic (exact) mass is 268 g/mol. The van der Waals surface area contributed by atoms with Gasteiger partial charge in [0.1, 0.15) is 0 Å². The number of hydrogen-bond acceptors (Lipinski definition) is 3. The summed E-state index contributed by atoms with van der Waals surface area (Å²) in [5.74, 6) is -4.88. The molecular formula is C9H5F5N2S. The molecule has 0 atom stereocenters. The number of hydrogen-bond donors (Lipinski definition) is 1. The average molecular weight is 268 g/mol. The molecule has 2 nitrogen and oxygen atoms in total. The summed E-state index contributed by atoms with van der Waals surface area (Å²) in [4.78, 5) is 3.77. The Morgan fingerprint density at radius 1 is 1.12 bits per heavy atom. The Hall–Kier alpha value is -1.44. The van der Waals surface area contributed by atoms with Crippen molar-refractivity contribution in [3.8, 4) is 0 Å². The molecule has 0 fully saturated rings. The molecule has 0 saturated carbocycles. The molecule has 2 N–H and O–H groups in total. The van der Waals surface area contributed by atoms with Crippen LogP contribution in [0.15, 0.2) is 18.2 Å². The van der Waals surface area contributed by atoms with Gasteiger partial charge < -0.3 is 5.73 Å². The van der Waals surface area contributed by atoms with Crippen LogP contribution in [-0.2, 0) is 5.92 Å². The van der Waals surface area contributed by atoms with Crippen LogP contribution in [-0.4, -0.2) is 11.2 Å². The van der Waals surface area contributed by atoms with Gasteiger partial charge in [-0.3, -0.25) is 0 Å². The van der Waals surface area contributed by atoms with E-state index in [9.17, 15) is 22.0 Å². The minimum atomic E-state index is -5.61. The van der Waals surface area contributed by atoms with Gasteiger partial charge in [-0.1, -0.05) is 17.4 Å². The number of nitrogens with zero attached hydrogens (tertiary/aromatic N) is 1. The number of nitrogen functional groups attached to an aromatic ring is 1. The van der Waals surface area contributed by atoms with Crippen LogP contribution in [0, 0.1) is 0 Å². The molecule has 1 aromatic carbocycles. The lowest BCUT2D eigenvalue weighted by atomic mass is 10.1. The number of rotatable bonds is 1. The lowest BCUT2D eigenvalue weighted by Crippen LogP contribution is -2.33. The maximum atomic E-state index is 13.0. The Kier molecular flexibility index (Phi) is 2.49. The molecule has 0 bridgehead atoms.